The van der Waals surface area contributed by atoms with Crippen molar-refractivity contribution in [1.29, 1.82) is 0 Å². The summed E-state index contributed by atoms with van der Waals surface area (Å²) in [4.78, 5) is 25.0. The van der Waals surface area contributed by atoms with Crippen LogP contribution in [0, 0.1) is 5.41 Å². The molecule has 0 rings (SSSR count). The van der Waals surface area contributed by atoms with Crippen molar-refractivity contribution in [2.75, 3.05) is 33.8 Å². The molecule has 0 aromatic heterocycles. The van der Waals surface area contributed by atoms with Crippen LogP contribution in [0.3, 0.4) is 0 Å². The average Bonchev–Trinajstić information content (AvgIpc) is 2.23. The molecule has 1 atom stereocenters. The van der Waals surface area contributed by atoms with Gasteiger partial charge in [0.2, 0.25) is 5.91 Å². The molecule has 0 aromatic carbocycles. The number of carbonyl (C=O) groups is 2. The normalized spacial score (nSPS) is 13.3. The second-order valence-corrected chi connectivity index (χ2v) is 5.35. The van der Waals surface area contributed by atoms with Crippen LogP contribution >= 0.6 is 0 Å². The summed E-state index contributed by atoms with van der Waals surface area (Å²) >= 11 is 0. The Bertz CT molecular complexity index is 290. The Balaban J connectivity index is 4.21. The van der Waals surface area contributed by atoms with Crippen LogP contribution in [-0.4, -0.2) is 56.6 Å². The first-order valence-corrected chi connectivity index (χ1v) is 6.04. The van der Waals surface area contributed by atoms with E-state index in [2.05, 4.69) is 10.1 Å². The van der Waals surface area contributed by atoms with Crippen LogP contribution < -0.4 is 11.1 Å². The SMILES string of the molecule is CCOC(=O)C(N)C(=O)NCC(C)(C)CN(C)C. The van der Waals surface area contributed by atoms with Crippen molar-refractivity contribution in [3.63, 3.8) is 0 Å². The molecule has 0 aliphatic heterocycles. The molecule has 0 radical (unpaired) electrons. The zero-order valence-corrected chi connectivity index (χ0v) is 11.9. The van der Waals surface area contributed by atoms with Gasteiger partial charge in [0.15, 0.2) is 6.04 Å². The molecule has 0 saturated heterocycles. The van der Waals surface area contributed by atoms with Crippen LogP contribution in [0.15, 0.2) is 0 Å². The Morgan fingerprint density at radius 3 is 2.39 bits per heavy atom. The third-order valence-electron chi connectivity index (χ3n) is 2.31. The molecule has 1 amide bonds. The first-order valence-electron chi connectivity index (χ1n) is 6.04. The molecule has 6 heteroatoms. The lowest BCUT2D eigenvalue weighted by Crippen LogP contribution is -2.50. The minimum Gasteiger partial charge on any atom is -0.464 e. The van der Waals surface area contributed by atoms with Crippen LogP contribution in [0.25, 0.3) is 0 Å². The predicted molar refractivity (Wildman–Crippen MR) is 70.0 cm³/mol. The number of ether oxygens (including phenoxy) is 1. The Morgan fingerprint density at radius 2 is 1.94 bits per heavy atom. The van der Waals surface area contributed by atoms with E-state index in [0.717, 1.165) is 6.54 Å². The van der Waals surface area contributed by atoms with E-state index in [-0.39, 0.29) is 12.0 Å². The maximum Gasteiger partial charge on any atom is 0.332 e. The van der Waals surface area contributed by atoms with E-state index < -0.39 is 17.9 Å². The van der Waals surface area contributed by atoms with Crippen molar-refractivity contribution < 1.29 is 14.3 Å². The topological polar surface area (TPSA) is 84.7 Å². The fraction of sp³-hybridized carbons (Fsp3) is 0.833. The molecule has 0 aliphatic rings. The summed E-state index contributed by atoms with van der Waals surface area (Å²) in [6.07, 6.45) is 0. The van der Waals surface area contributed by atoms with E-state index in [9.17, 15) is 9.59 Å². The first-order chi connectivity index (χ1) is 8.19. The van der Waals surface area contributed by atoms with Gasteiger partial charge in [-0.15, -0.1) is 0 Å². The number of esters is 1. The number of carbonyl (C=O) groups excluding carboxylic acids is 2. The van der Waals surface area contributed by atoms with Gasteiger partial charge in [0.25, 0.3) is 0 Å². The van der Waals surface area contributed by atoms with Gasteiger partial charge in [0.1, 0.15) is 0 Å². The van der Waals surface area contributed by atoms with E-state index in [1.54, 1.807) is 6.92 Å². The lowest BCUT2D eigenvalue weighted by Gasteiger charge is -2.28. The fourth-order valence-electron chi connectivity index (χ4n) is 1.69. The lowest BCUT2D eigenvalue weighted by molar-refractivity contribution is -0.148. The first kappa shape index (κ1) is 16.9. The Hall–Kier alpha value is -1.14. The smallest absolute Gasteiger partial charge is 0.332 e. The summed E-state index contributed by atoms with van der Waals surface area (Å²) in [5.74, 6) is -1.19. The highest BCUT2D eigenvalue weighted by molar-refractivity contribution is 6.01. The van der Waals surface area contributed by atoms with Gasteiger partial charge in [-0.05, 0) is 26.4 Å². The lowest BCUT2D eigenvalue weighted by atomic mass is 9.93. The van der Waals surface area contributed by atoms with E-state index in [4.69, 9.17) is 5.73 Å². The molecule has 0 bridgehead atoms. The molecule has 0 heterocycles. The zero-order chi connectivity index (χ0) is 14.3. The van der Waals surface area contributed by atoms with E-state index >= 15 is 0 Å². The highest BCUT2D eigenvalue weighted by atomic mass is 16.5. The summed E-state index contributed by atoms with van der Waals surface area (Å²) < 4.78 is 4.69. The highest BCUT2D eigenvalue weighted by Gasteiger charge is 2.26. The maximum absolute atomic E-state index is 11.6. The predicted octanol–water partition coefficient (Wildman–Crippen LogP) is -0.419. The highest BCUT2D eigenvalue weighted by Crippen LogP contribution is 2.14. The number of nitrogens with two attached hydrogens (primary N) is 1. The van der Waals surface area contributed by atoms with Crippen LogP contribution in [0.5, 0.6) is 0 Å². The van der Waals surface area contributed by atoms with Crippen LogP contribution in [-0.2, 0) is 14.3 Å². The van der Waals surface area contributed by atoms with Crippen LogP contribution in [0.2, 0.25) is 0 Å². The molecule has 0 aliphatic carbocycles. The van der Waals surface area contributed by atoms with Crippen molar-refractivity contribution >= 4 is 11.9 Å². The number of amides is 1. The van der Waals surface area contributed by atoms with Gasteiger partial charge in [-0.1, -0.05) is 13.8 Å². The van der Waals surface area contributed by atoms with Gasteiger partial charge < -0.3 is 20.7 Å². The van der Waals surface area contributed by atoms with E-state index in [1.807, 2.05) is 32.8 Å². The summed E-state index contributed by atoms with van der Waals surface area (Å²) in [5.41, 5.74) is 5.39. The Labute approximate surface area is 109 Å². The van der Waals surface area contributed by atoms with E-state index in [1.165, 1.54) is 0 Å². The van der Waals surface area contributed by atoms with Crippen LogP contribution in [0.4, 0.5) is 0 Å². The standard InChI is InChI=1S/C12H25N3O3/c1-6-18-11(17)9(13)10(16)14-7-12(2,3)8-15(4)5/h9H,6-8,13H2,1-5H3,(H,14,16). The summed E-state index contributed by atoms with van der Waals surface area (Å²) in [7, 11) is 3.93. The minimum absolute atomic E-state index is 0.0897. The summed E-state index contributed by atoms with van der Waals surface area (Å²) in [6, 6.07) is -1.25. The molecule has 0 aromatic rings. The number of nitrogens with one attached hydrogen (secondary N) is 1. The van der Waals surface area contributed by atoms with Crippen molar-refractivity contribution in [1.82, 2.24) is 10.2 Å². The number of hydrogen-bond acceptors (Lipinski definition) is 5. The number of rotatable bonds is 7. The van der Waals surface area contributed by atoms with Crippen LogP contribution in [0.1, 0.15) is 20.8 Å². The fourth-order valence-corrected chi connectivity index (χ4v) is 1.69. The molecule has 106 valence electrons. The summed E-state index contributed by atoms with van der Waals surface area (Å²) in [5, 5.41) is 2.68. The largest absolute Gasteiger partial charge is 0.464 e. The number of hydrogen-bond donors (Lipinski definition) is 2. The van der Waals surface area contributed by atoms with Gasteiger partial charge >= 0.3 is 5.97 Å². The van der Waals surface area contributed by atoms with Crippen molar-refractivity contribution in [2.24, 2.45) is 11.1 Å². The Morgan fingerprint density at radius 1 is 1.39 bits per heavy atom. The molecular weight excluding hydrogens is 234 g/mol. The number of nitrogens with zero attached hydrogens (tertiary/aromatic N) is 1. The molecular formula is C12H25N3O3. The Kier molecular flexibility index (Phi) is 6.86. The molecule has 0 saturated carbocycles. The van der Waals surface area contributed by atoms with Crippen molar-refractivity contribution in [3.8, 4) is 0 Å². The third kappa shape index (κ3) is 6.56. The molecule has 0 fully saturated rings. The molecule has 6 nitrogen and oxygen atoms in total. The van der Waals surface area contributed by atoms with Crippen molar-refractivity contribution in [2.45, 2.75) is 26.8 Å². The van der Waals surface area contributed by atoms with Gasteiger partial charge in [-0.3, -0.25) is 4.79 Å². The second-order valence-electron chi connectivity index (χ2n) is 5.35. The van der Waals surface area contributed by atoms with E-state index in [0.29, 0.717) is 6.54 Å². The van der Waals surface area contributed by atoms with Crippen molar-refractivity contribution in [3.05, 3.63) is 0 Å². The molecule has 1 unspecified atom stereocenters. The molecule has 3 N–H and O–H groups in total. The molecule has 0 spiro atoms. The quantitative estimate of drug-likeness (QED) is 0.479. The maximum atomic E-state index is 11.6. The minimum atomic E-state index is -1.25. The van der Waals surface area contributed by atoms with Gasteiger partial charge in [-0.2, -0.15) is 0 Å². The molecule has 18 heavy (non-hydrogen) atoms. The van der Waals surface area contributed by atoms with Gasteiger partial charge in [-0.25, -0.2) is 4.79 Å². The second kappa shape index (κ2) is 7.33. The van der Waals surface area contributed by atoms with Gasteiger partial charge in [0, 0.05) is 13.1 Å². The third-order valence-corrected chi connectivity index (χ3v) is 2.31. The monoisotopic (exact) mass is 259 g/mol. The summed E-state index contributed by atoms with van der Waals surface area (Å²) in [6.45, 7) is 7.22. The average molecular weight is 259 g/mol. The van der Waals surface area contributed by atoms with Gasteiger partial charge in [0.05, 0.1) is 6.61 Å². The zero-order valence-electron chi connectivity index (χ0n) is 11.9.